The quantitative estimate of drug-likeness (QED) is 0.784. The Labute approximate surface area is 132 Å². The maximum absolute atomic E-state index is 3.54. The van der Waals surface area contributed by atoms with E-state index in [2.05, 4.69) is 79.1 Å². The lowest BCUT2D eigenvalue weighted by Gasteiger charge is -2.14. The number of nitrogens with zero attached hydrogens (tertiary/aromatic N) is 1. The molecule has 112 valence electrons. The van der Waals surface area contributed by atoms with Gasteiger partial charge in [0.15, 0.2) is 0 Å². The second kappa shape index (κ2) is 8.23. The topological polar surface area (TPSA) is 15.3 Å². The lowest BCUT2D eigenvalue weighted by Crippen LogP contribution is -2.17. The van der Waals surface area contributed by atoms with Gasteiger partial charge in [-0.1, -0.05) is 36.4 Å². The van der Waals surface area contributed by atoms with Gasteiger partial charge in [0.05, 0.1) is 0 Å². The Bertz CT molecular complexity index is 549. The average Bonchev–Trinajstić information content (AvgIpc) is 2.49. The number of hydrogen-bond donors (Lipinski definition) is 1. The third-order valence-electron chi connectivity index (χ3n) is 3.41. The first-order valence-corrected chi connectivity index (χ1v) is 8.46. The van der Waals surface area contributed by atoms with Gasteiger partial charge in [0, 0.05) is 24.5 Å². The molecule has 0 saturated carbocycles. The Balaban J connectivity index is 1.90. The smallest absolute Gasteiger partial charge is 0.0230 e. The minimum Gasteiger partial charge on any atom is -0.309 e. The van der Waals surface area contributed by atoms with Crippen LogP contribution in [0, 0.1) is 0 Å². The summed E-state index contributed by atoms with van der Waals surface area (Å²) in [5, 5.41) is 3.54. The third kappa shape index (κ3) is 5.20. The number of benzene rings is 2. The van der Waals surface area contributed by atoms with Crippen molar-refractivity contribution in [2.75, 3.05) is 20.4 Å². The maximum atomic E-state index is 3.54. The summed E-state index contributed by atoms with van der Waals surface area (Å²) in [6, 6.07) is 17.4. The monoisotopic (exact) mass is 300 g/mol. The normalized spacial score (nSPS) is 11.0. The highest BCUT2D eigenvalue weighted by molar-refractivity contribution is 7.98. The molecule has 0 saturated heterocycles. The second-order valence-electron chi connectivity index (χ2n) is 5.46. The van der Waals surface area contributed by atoms with Gasteiger partial charge in [-0.3, -0.25) is 0 Å². The van der Waals surface area contributed by atoms with Gasteiger partial charge in [0.2, 0.25) is 0 Å². The van der Waals surface area contributed by atoms with E-state index >= 15 is 0 Å². The number of rotatable bonds is 7. The Morgan fingerprint density at radius 2 is 1.57 bits per heavy atom. The van der Waals surface area contributed by atoms with Crippen LogP contribution in [0.15, 0.2) is 53.4 Å². The highest BCUT2D eigenvalue weighted by Crippen LogP contribution is 2.15. The summed E-state index contributed by atoms with van der Waals surface area (Å²) in [4.78, 5) is 3.52. The van der Waals surface area contributed by atoms with Crippen LogP contribution in [0.25, 0.3) is 0 Å². The van der Waals surface area contributed by atoms with Crippen LogP contribution in [0.2, 0.25) is 0 Å². The molecule has 21 heavy (non-hydrogen) atoms. The van der Waals surface area contributed by atoms with E-state index in [4.69, 9.17) is 0 Å². The van der Waals surface area contributed by atoms with Crippen molar-refractivity contribution in [2.24, 2.45) is 0 Å². The summed E-state index contributed by atoms with van der Waals surface area (Å²) < 4.78 is 0. The molecule has 3 heteroatoms. The van der Waals surface area contributed by atoms with E-state index in [0.717, 1.165) is 19.6 Å². The molecule has 1 N–H and O–H groups in total. The van der Waals surface area contributed by atoms with Crippen LogP contribution in [0.3, 0.4) is 0 Å². The van der Waals surface area contributed by atoms with Crippen molar-refractivity contribution in [3.05, 3.63) is 65.2 Å². The highest BCUT2D eigenvalue weighted by atomic mass is 32.2. The van der Waals surface area contributed by atoms with Crippen molar-refractivity contribution < 1.29 is 0 Å². The second-order valence-corrected chi connectivity index (χ2v) is 6.34. The van der Waals surface area contributed by atoms with Crippen molar-refractivity contribution in [1.82, 2.24) is 10.2 Å². The van der Waals surface area contributed by atoms with Crippen molar-refractivity contribution in [1.29, 1.82) is 0 Å². The summed E-state index contributed by atoms with van der Waals surface area (Å²) >= 11 is 1.78. The molecule has 0 amide bonds. The zero-order chi connectivity index (χ0) is 15.1. The van der Waals surface area contributed by atoms with Crippen LogP contribution in [0.4, 0.5) is 0 Å². The average molecular weight is 300 g/mol. The largest absolute Gasteiger partial charge is 0.309 e. The van der Waals surface area contributed by atoms with Gasteiger partial charge >= 0.3 is 0 Å². The summed E-state index contributed by atoms with van der Waals surface area (Å²) in [6.45, 7) is 2.81. The minimum absolute atomic E-state index is 0.908. The van der Waals surface area contributed by atoms with Crippen molar-refractivity contribution in [3.8, 4) is 0 Å². The van der Waals surface area contributed by atoms with E-state index in [9.17, 15) is 0 Å². The van der Waals surface area contributed by atoms with Crippen molar-refractivity contribution in [3.63, 3.8) is 0 Å². The molecular formula is C18H24N2S. The van der Waals surface area contributed by atoms with E-state index in [1.165, 1.54) is 21.6 Å². The fourth-order valence-electron chi connectivity index (χ4n) is 2.31. The Morgan fingerprint density at radius 3 is 2.19 bits per heavy atom. The molecule has 0 heterocycles. The van der Waals surface area contributed by atoms with Crippen LogP contribution in [0.5, 0.6) is 0 Å². The summed E-state index contributed by atoms with van der Waals surface area (Å²) in [5.41, 5.74) is 4.11. The Hall–Kier alpha value is -1.29. The molecule has 0 bridgehead atoms. The number of thioether (sulfide) groups is 1. The molecule has 0 aliphatic heterocycles. The molecular weight excluding hydrogens is 276 g/mol. The molecule has 2 aromatic rings. The van der Waals surface area contributed by atoms with E-state index in [0.29, 0.717) is 0 Å². The van der Waals surface area contributed by atoms with Gasteiger partial charge in [-0.25, -0.2) is 0 Å². The predicted octanol–water partition coefficient (Wildman–Crippen LogP) is 3.76. The van der Waals surface area contributed by atoms with Gasteiger partial charge in [-0.2, -0.15) is 0 Å². The molecule has 2 rings (SSSR count). The fourth-order valence-corrected chi connectivity index (χ4v) is 2.72. The van der Waals surface area contributed by atoms with E-state index in [1.54, 1.807) is 11.8 Å². The van der Waals surface area contributed by atoms with Gasteiger partial charge in [-0.05, 0) is 49.2 Å². The highest BCUT2D eigenvalue weighted by Gasteiger charge is 2.02. The van der Waals surface area contributed by atoms with Crippen LogP contribution in [-0.4, -0.2) is 25.3 Å². The standard InChI is InChI=1S/C18H24N2S/c1-20(2)14-17-7-5-4-6-16(17)13-19-12-15-8-10-18(21-3)11-9-15/h4-11,19H,12-14H2,1-3H3. The first-order valence-electron chi connectivity index (χ1n) is 7.24. The van der Waals surface area contributed by atoms with Gasteiger partial charge in [-0.15, -0.1) is 11.8 Å². The van der Waals surface area contributed by atoms with E-state index in [1.807, 2.05) is 0 Å². The van der Waals surface area contributed by atoms with Crippen molar-refractivity contribution >= 4 is 11.8 Å². The first-order chi connectivity index (χ1) is 10.2. The molecule has 0 atom stereocenters. The maximum Gasteiger partial charge on any atom is 0.0230 e. The Kier molecular flexibility index (Phi) is 6.30. The molecule has 0 spiro atoms. The van der Waals surface area contributed by atoms with Crippen molar-refractivity contribution in [2.45, 2.75) is 24.5 Å². The van der Waals surface area contributed by atoms with E-state index < -0.39 is 0 Å². The van der Waals surface area contributed by atoms with Crippen LogP contribution in [-0.2, 0) is 19.6 Å². The third-order valence-corrected chi connectivity index (χ3v) is 4.15. The lowest BCUT2D eigenvalue weighted by atomic mass is 10.1. The summed E-state index contributed by atoms with van der Waals surface area (Å²) in [7, 11) is 4.22. The predicted molar refractivity (Wildman–Crippen MR) is 92.6 cm³/mol. The molecule has 2 aromatic carbocycles. The van der Waals surface area contributed by atoms with Gasteiger partial charge < -0.3 is 10.2 Å². The molecule has 0 aromatic heterocycles. The fraction of sp³-hybridized carbons (Fsp3) is 0.333. The molecule has 0 unspecified atom stereocenters. The van der Waals surface area contributed by atoms with Crippen LogP contribution < -0.4 is 5.32 Å². The zero-order valence-electron chi connectivity index (χ0n) is 13.1. The lowest BCUT2D eigenvalue weighted by molar-refractivity contribution is 0.400. The molecule has 0 aliphatic rings. The summed E-state index contributed by atoms with van der Waals surface area (Å²) in [5.74, 6) is 0. The zero-order valence-corrected chi connectivity index (χ0v) is 13.9. The molecule has 2 nitrogen and oxygen atoms in total. The first kappa shape index (κ1) is 16.1. The molecule has 0 radical (unpaired) electrons. The van der Waals surface area contributed by atoms with E-state index in [-0.39, 0.29) is 0 Å². The van der Waals surface area contributed by atoms with Crippen LogP contribution in [0.1, 0.15) is 16.7 Å². The SMILES string of the molecule is CSc1ccc(CNCc2ccccc2CN(C)C)cc1. The summed E-state index contributed by atoms with van der Waals surface area (Å²) in [6.07, 6.45) is 2.11. The molecule has 0 aliphatic carbocycles. The van der Waals surface area contributed by atoms with Crippen LogP contribution >= 0.6 is 11.8 Å². The number of nitrogens with one attached hydrogen (secondary N) is 1. The molecule has 0 fully saturated rings. The van der Waals surface area contributed by atoms with Gasteiger partial charge in [0.1, 0.15) is 0 Å². The minimum atomic E-state index is 0.908. The number of hydrogen-bond acceptors (Lipinski definition) is 3. The Morgan fingerprint density at radius 1 is 0.905 bits per heavy atom. The van der Waals surface area contributed by atoms with Gasteiger partial charge in [0.25, 0.3) is 0 Å².